The summed E-state index contributed by atoms with van der Waals surface area (Å²) in [5, 5.41) is 3.52. The molecule has 2 heterocycles. The number of aromatic nitrogens is 1. The molecule has 0 saturated carbocycles. The SMILES string of the molecule is O=C(NC[C@@H]1CCCO1)c1cc2cc(F)ccc2[nH]1. The molecule has 0 unspecified atom stereocenters. The maximum atomic E-state index is 13.1. The predicted molar refractivity (Wildman–Crippen MR) is 69.6 cm³/mol. The molecule has 1 atom stereocenters. The second-order valence-electron chi connectivity index (χ2n) is 4.76. The van der Waals surface area contributed by atoms with Crippen LogP contribution in [0, 0.1) is 5.82 Å². The van der Waals surface area contributed by atoms with Crippen molar-refractivity contribution in [3.63, 3.8) is 0 Å². The summed E-state index contributed by atoms with van der Waals surface area (Å²) in [6.07, 6.45) is 2.15. The van der Waals surface area contributed by atoms with E-state index in [1.807, 2.05) is 0 Å². The molecule has 1 fully saturated rings. The molecule has 100 valence electrons. The number of carbonyl (C=O) groups excluding carboxylic acids is 1. The molecule has 4 nitrogen and oxygen atoms in total. The lowest BCUT2D eigenvalue weighted by atomic mass is 10.2. The summed E-state index contributed by atoms with van der Waals surface area (Å²) in [5.74, 6) is -0.495. The number of halogens is 1. The molecule has 1 aliphatic heterocycles. The van der Waals surface area contributed by atoms with Gasteiger partial charge in [0.05, 0.1) is 6.10 Å². The summed E-state index contributed by atoms with van der Waals surface area (Å²) in [6.45, 7) is 1.29. The third-order valence-corrected chi connectivity index (χ3v) is 3.34. The first-order valence-electron chi connectivity index (χ1n) is 6.40. The van der Waals surface area contributed by atoms with Gasteiger partial charge in [-0.2, -0.15) is 0 Å². The Hall–Kier alpha value is -1.88. The van der Waals surface area contributed by atoms with E-state index in [9.17, 15) is 9.18 Å². The number of benzene rings is 1. The van der Waals surface area contributed by atoms with E-state index in [0.717, 1.165) is 25.0 Å². The van der Waals surface area contributed by atoms with E-state index in [4.69, 9.17) is 4.74 Å². The maximum absolute atomic E-state index is 13.1. The highest BCUT2D eigenvalue weighted by molar-refractivity contribution is 5.98. The molecule has 1 amide bonds. The molecule has 0 bridgehead atoms. The monoisotopic (exact) mass is 262 g/mol. The third kappa shape index (κ3) is 2.61. The highest BCUT2D eigenvalue weighted by Crippen LogP contribution is 2.17. The molecule has 1 aliphatic rings. The summed E-state index contributed by atoms with van der Waals surface area (Å²) in [5.41, 5.74) is 1.20. The Morgan fingerprint density at radius 1 is 1.47 bits per heavy atom. The lowest BCUT2D eigenvalue weighted by Gasteiger charge is -2.09. The van der Waals surface area contributed by atoms with Crippen molar-refractivity contribution in [3.05, 3.63) is 35.8 Å². The average Bonchev–Trinajstić information content (AvgIpc) is 3.04. The average molecular weight is 262 g/mol. The van der Waals surface area contributed by atoms with Gasteiger partial charge in [0.25, 0.3) is 5.91 Å². The van der Waals surface area contributed by atoms with Gasteiger partial charge < -0.3 is 15.0 Å². The van der Waals surface area contributed by atoms with Gasteiger partial charge in [-0.15, -0.1) is 0 Å². The number of nitrogens with one attached hydrogen (secondary N) is 2. The molecule has 0 radical (unpaired) electrons. The topological polar surface area (TPSA) is 54.1 Å². The number of carbonyl (C=O) groups is 1. The van der Waals surface area contributed by atoms with E-state index in [1.165, 1.54) is 12.1 Å². The Morgan fingerprint density at radius 2 is 2.37 bits per heavy atom. The first kappa shape index (κ1) is 12.2. The van der Waals surface area contributed by atoms with Crippen LogP contribution in [0.1, 0.15) is 23.3 Å². The molecule has 0 aliphatic carbocycles. The fraction of sp³-hybridized carbons (Fsp3) is 0.357. The Morgan fingerprint density at radius 3 is 3.16 bits per heavy atom. The molecular formula is C14H15FN2O2. The lowest BCUT2D eigenvalue weighted by molar-refractivity contribution is 0.0854. The molecule has 1 aromatic heterocycles. The van der Waals surface area contributed by atoms with Gasteiger partial charge in [-0.3, -0.25) is 4.79 Å². The molecule has 5 heteroatoms. The van der Waals surface area contributed by atoms with Crippen molar-refractivity contribution in [2.24, 2.45) is 0 Å². The summed E-state index contributed by atoms with van der Waals surface area (Å²) >= 11 is 0. The third-order valence-electron chi connectivity index (χ3n) is 3.34. The zero-order valence-corrected chi connectivity index (χ0v) is 10.4. The fourth-order valence-electron chi connectivity index (χ4n) is 2.33. The van der Waals surface area contributed by atoms with E-state index in [1.54, 1.807) is 12.1 Å². The van der Waals surface area contributed by atoms with Crippen LogP contribution in [-0.4, -0.2) is 30.1 Å². The summed E-state index contributed by atoms with van der Waals surface area (Å²) < 4.78 is 18.5. The van der Waals surface area contributed by atoms with Crippen LogP contribution in [0.4, 0.5) is 4.39 Å². The van der Waals surface area contributed by atoms with Gasteiger partial charge in [0, 0.05) is 24.1 Å². The van der Waals surface area contributed by atoms with E-state index in [2.05, 4.69) is 10.3 Å². The highest BCUT2D eigenvalue weighted by atomic mass is 19.1. The van der Waals surface area contributed by atoms with E-state index >= 15 is 0 Å². The van der Waals surface area contributed by atoms with Crippen LogP contribution < -0.4 is 5.32 Å². The number of ether oxygens (including phenoxy) is 1. The minimum atomic E-state index is -0.308. The molecule has 3 rings (SSSR count). The van der Waals surface area contributed by atoms with Crippen LogP contribution in [-0.2, 0) is 4.74 Å². The number of rotatable bonds is 3. The van der Waals surface area contributed by atoms with Crippen molar-refractivity contribution in [2.75, 3.05) is 13.2 Å². The summed E-state index contributed by atoms with van der Waals surface area (Å²) in [7, 11) is 0. The van der Waals surface area contributed by atoms with E-state index in [-0.39, 0.29) is 17.8 Å². The molecule has 2 aromatic rings. The fourth-order valence-corrected chi connectivity index (χ4v) is 2.33. The van der Waals surface area contributed by atoms with Gasteiger partial charge in [-0.1, -0.05) is 0 Å². The molecule has 2 N–H and O–H groups in total. The largest absolute Gasteiger partial charge is 0.376 e. The van der Waals surface area contributed by atoms with Crippen LogP contribution in [0.3, 0.4) is 0 Å². The van der Waals surface area contributed by atoms with Crippen LogP contribution in [0.15, 0.2) is 24.3 Å². The van der Waals surface area contributed by atoms with Crippen molar-refractivity contribution in [2.45, 2.75) is 18.9 Å². The Kier molecular flexibility index (Phi) is 3.21. The predicted octanol–water partition coefficient (Wildman–Crippen LogP) is 2.22. The first-order valence-corrected chi connectivity index (χ1v) is 6.40. The smallest absolute Gasteiger partial charge is 0.267 e. The molecule has 19 heavy (non-hydrogen) atoms. The first-order chi connectivity index (χ1) is 9.22. The van der Waals surface area contributed by atoms with Crippen molar-refractivity contribution >= 4 is 16.8 Å². The normalized spacial score (nSPS) is 18.9. The minimum Gasteiger partial charge on any atom is -0.376 e. The van der Waals surface area contributed by atoms with E-state index in [0.29, 0.717) is 17.6 Å². The number of H-pyrrole nitrogens is 1. The maximum Gasteiger partial charge on any atom is 0.267 e. The molecule has 1 aromatic carbocycles. The summed E-state index contributed by atoms with van der Waals surface area (Å²) in [4.78, 5) is 14.9. The molecular weight excluding hydrogens is 247 g/mol. The Bertz CT molecular complexity index is 603. The second kappa shape index (κ2) is 5.01. The van der Waals surface area contributed by atoms with Crippen molar-refractivity contribution in [3.8, 4) is 0 Å². The van der Waals surface area contributed by atoms with Gasteiger partial charge in [0.15, 0.2) is 0 Å². The summed E-state index contributed by atoms with van der Waals surface area (Å²) in [6, 6.07) is 6.06. The van der Waals surface area contributed by atoms with Crippen LogP contribution in [0.5, 0.6) is 0 Å². The van der Waals surface area contributed by atoms with Crippen molar-refractivity contribution in [1.82, 2.24) is 10.3 Å². The van der Waals surface area contributed by atoms with Gasteiger partial charge >= 0.3 is 0 Å². The van der Waals surface area contributed by atoms with Crippen molar-refractivity contribution < 1.29 is 13.9 Å². The van der Waals surface area contributed by atoms with E-state index < -0.39 is 0 Å². The van der Waals surface area contributed by atoms with Gasteiger partial charge in [-0.25, -0.2) is 4.39 Å². The standard InChI is InChI=1S/C14H15FN2O2/c15-10-3-4-12-9(6-10)7-13(17-12)14(18)16-8-11-2-1-5-19-11/h3-4,6-7,11,17H,1-2,5,8H2,(H,16,18)/t11-/m0/s1. The lowest BCUT2D eigenvalue weighted by Crippen LogP contribution is -2.31. The second-order valence-corrected chi connectivity index (χ2v) is 4.76. The zero-order chi connectivity index (χ0) is 13.2. The number of fused-ring (bicyclic) bond motifs is 1. The Balaban J connectivity index is 1.70. The van der Waals surface area contributed by atoms with Crippen LogP contribution >= 0.6 is 0 Å². The van der Waals surface area contributed by atoms with Crippen LogP contribution in [0.2, 0.25) is 0 Å². The van der Waals surface area contributed by atoms with Gasteiger partial charge in [0.2, 0.25) is 0 Å². The van der Waals surface area contributed by atoms with Gasteiger partial charge in [0.1, 0.15) is 11.5 Å². The Labute approximate surface area is 109 Å². The van der Waals surface area contributed by atoms with Crippen LogP contribution in [0.25, 0.3) is 10.9 Å². The number of hydrogen-bond donors (Lipinski definition) is 2. The molecule has 1 saturated heterocycles. The minimum absolute atomic E-state index is 0.116. The number of amides is 1. The van der Waals surface area contributed by atoms with Crippen molar-refractivity contribution in [1.29, 1.82) is 0 Å². The number of aromatic amines is 1. The van der Waals surface area contributed by atoms with Gasteiger partial charge in [-0.05, 0) is 37.1 Å². The highest BCUT2D eigenvalue weighted by Gasteiger charge is 2.17. The zero-order valence-electron chi connectivity index (χ0n) is 10.4. The number of hydrogen-bond acceptors (Lipinski definition) is 2. The quantitative estimate of drug-likeness (QED) is 0.891. The molecule has 0 spiro atoms.